The van der Waals surface area contributed by atoms with E-state index in [-0.39, 0.29) is 0 Å². The van der Waals surface area contributed by atoms with Crippen molar-refractivity contribution in [2.75, 3.05) is 17.6 Å². The van der Waals surface area contributed by atoms with Crippen molar-refractivity contribution in [1.29, 1.82) is 0 Å². The van der Waals surface area contributed by atoms with Gasteiger partial charge in [0.25, 0.3) is 0 Å². The van der Waals surface area contributed by atoms with Gasteiger partial charge in [-0.15, -0.1) is 0 Å². The zero-order chi connectivity index (χ0) is 14.5. The Hall–Kier alpha value is -2.00. The first kappa shape index (κ1) is 14.4. The van der Waals surface area contributed by atoms with Crippen LogP contribution in [0.25, 0.3) is 0 Å². The number of rotatable bonds is 5. The van der Waals surface area contributed by atoms with E-state index in [2.05, 4.69) is 37.4 Å². The molecular weight excluding hydrogens is 248 g/mol. The Kier molecular flexibility index (Phi) is 4.64. The van der Waals surface area contributed by atoms with Gasteiger partial charge in [0.15, 0.2) is 0 Å². The maximum atomic E-state index is 10.1. The van der Waals surface area contributed by atoms with E-state index in [0.29, 0.717) is 12.1 Å². The molecule has 106 valence electrons. The summed E-state index contributed by atoms with van der Waals surface area (Å²) in [6, 6.07) is 13.7. The van der Waals surface area contributed by atoms with E-state index in [0.717, 1.165) is 17.8 Å². The van der Waals surface area contributed by atoms with Crippen LogP contribution in [0.2, 0.25) is 0 Å². The van der Waals surface area contributed by atoms with Gasteiger partial charge in [0.2, 0.25) is 0 Å². The van der Waals surface area contributed by atoms with Crippen LogP contribution in [0.5, 0.6) is 0 Å². The number of anilines is 2. The minimum Gasteiger partial charge on any atom is -0.399 e. The number of benzene rings is 2. The van der Waals surface area contributed by atoms with Gasteiger partial charge < -0.3 is 16.2 Å². The fraction of sp³-hybridized carbons (Fsp3) is 0.294. The topological polar surface area (TPSA) is 58.3 Å². The van der Waals surface area contributed by atoms with Gasteiger partial charge in [-0.3, -0.25) is 0 Å². The molecule has 4 N–H and O–H groups in total. The molecule has 0 saturated heterocycles. The lowest BCUT2D eigenvalue weighted by atomic mass is 10.1. The number of aryl methyl sites for hydroxylation is 2. The molecule has 0 saturated carbocycles. The Balaban J connectivity index is 1.89. The highest BCUT2D eigenvalue weighted by molar-refractivity contribution is 5.51. The lowest BCUT2D eigenvalue weighted by Gasteiger charge is -2.14. The van der Waals surface area contributed by atoms with Gasteiger partial charge in [-0.05, 0) is 49.6 Å². The van der Waals surface area contributed by atoms with Gasteiger partial charge in [0, 0.05) is 17.9 Å². The van der Waals surface area contributed by atoms with Gasteiger partial charge in [-0.1, -0.05) is 29.8 Å². The van der Waals surface area contributed by atoms with Crippen molar-refractivity contribution in [2.24, 2.45) is 0 Å². The number of nitrogens with two attached hydrogens (primary N) is 1. The third kappa shape index (κ3) is 3.75. The molecule has 0 heterocycles. The minimum absolute atomic E-state index is 0.489. The van der Waals surface area contributed by atoms with E-state index in [1.807, 2.05) is 24.3 Å². The SMILES string of the molecule is Cc1ccc(NCCC(O)c2cccc(N)c2)c(C)c1. The summed E-state index contributed by atoms with van der Waals surface area (Å²) in [4.78, 5) is 0. The maximum Gasteiger partial charge on any atom is 0.0807 e. The van der Waals surface area contributed by atoms with E-state index in [1.165, 1.54) is 11.1 Å². The Morgan fingerprint density at radius 1 is 1.15 bits per heavy atom. The van der Waals surface area contributed by atoms with Crippen LogP contribution in [0, 0.1) is 13.8 Å². The second kappa shape index (κ2) is 6.44. The van der Waals surface area contributed by atoms with E-state index >= 15 is 0 Å². The number of hydrogen-bond donors (Lipinski definition) is 3. The Bertz CT molecular complexity index is 581. The highest BCUT2D eigenvalue weighted by Gasteiger charge is 2.07. The standard InChI is InChI=1S/C17H22N2O/c1-12-6-7-16(13(2)10-12)19-9-8-17(20)14-4-3-5-15(18)11-14/h3-7,10-11,17,19-20H,8-9,18H2,1-2H3. The summed E-state index contributed by atoms with van der Waals surface area (Å²) in [5, 5.41) is 13.5. The summed E-state index contributed by atoms with van der Waals surface area (Å²) in [5.74, 6) is 0. The summed E-state index contributed by atoms with van der Waals surface area (Å²) >= 11 is 0. The van der Waals surface area contributed by atoms with Crippen LogP contribution in [0.15, 0.2) is 42.5 Å². The molecule has 0 aromatic heterocycles. The summed E-state index contributed by atoms with van der Waals surface area (Å²) in [6.07, 6.45) is 0.160. The van der Waals surface area contributed by atoms with Crippen LogP contribution in [-0.2, 0) is 0 Å². The molecule has 0 aliphatic heterocycles. The maximum absolute atomic E-state index is 10.1. The lowest BCUT2D eigenvalue weighted by Crippen LogP contribution is -2.08. The summed E-state index contributed by atoms with van der Waals surface area (Å²) in [7, 11) is 0. The molecule has 2 aromatic rings. The monoisotopic (exact) mass is 270 g/mol. The molecule has 0 fully saturated rings. The second-order valence-electron chi connectivity index (χ2n) is 5.22. The molecule has 1 atom stereocenters. The van der Waals surface area contributed by atoms with Gasteiger partial charge in [-0.2, -0.15) is 0 Å². The largest absolute Gasteiger partial charge is 0.399 e. The van der Waals surface area contributed by atoms with Crippen LogP contribution in [0.3, 0.4) is 0 Å². The normalized spacial score (nSPS) is 12.2. The van der Waals surface area contributed by atoms with Crippen LogP contribution in [0.4, 0.5) is 11.4 Å². The first-order valence-electron chi connectivity index (χ1n) is 6.91. The summed E-state index contributed by atoms with van der Waals surface area (Å²) in [6.45, 7) is 4.89. The van der Waals surface area contributed by atoms with Crippen molar-refractivity contribution in [3.63, 3.8) is 0 Å². The molecule has 2 rings (SSSR count). The predicted molar refractivity (Wildman–Crippen MR) is 84.8 cm³/mol. The Labute approximate surface area is 120 Å². The third-order valence-corrected chi connectivity index (χ3v) is 3.41. The van der Waals surface area contributed by atoms with Crippen molar-refractivity contribution in [3.8, 4) is 0 Å². The first-order valence-corrected chi connectivity index (χ1v) is 6.91. The van der Waals surface area contributed by atoms with E-state index in [1.54, 1.807) is 0 Å². The molecule has 0 radical (unpaired) electrons. The molecule has 0 bridgehead atoms. The molecule has 0 spiro atoms. The molecular formula is C17H22N2O. The summed E-state index contributed by atoms with van der Waals surface area (Å²) in [5.41, 5.74) is 10.9. The molecule has 1 unspecified atom stereocenters. The lowest BCUT2D eigenvalue weighted by molar-refractivity contribution is 0.171. The van der Waals surface area contributed by atoms with Gasteiger partial charge in [0.1, 0.15) is 0 Å². The minimum atomic E-state index is -0.489. The molecule has 2 aromatic carbocycles. The van der Waals surface area contributed by atoms with Crippen molar-refractivity contribution in [1.82, 2.24) is 0 Å². The number of aliphatic hydroxyl groups excluding tert-OH is 1. The van der Waals surface area contributed by atoms with E-state index in [4.69, 9.17) is 5.73 Å². The highest BCUT2D eigenvalue weighted by atomic mass is 16.3. The molecule has 0 aliphatic carbocycles. The van der Waals surface area contributed by atoms with Gasteiger partial charge in [0.05, 0.1) is 6.10 Å². The van der Waals surface area contributed by atoms with E-state index in [9.17, 15) is 5.11 Å². The highest BCUT2D eigenvalue weighted by Crippen LogP contribution is 2.20. The van der Waals surface area contributed by atoms with Crippen molar-refractivity contribution >= 4 is 11.4 Å². The van der Waals surface area contributed by atoms with Crippen LogP contribution >= 0.6 is 0 Å². The Morgan fingerprint density at radius 3 is 2.65 bits per heavy atom. The number of nitrogen functional groups attached to an aromatic ring is 1. The van der Waals surface area contributed by atoms with Gasteiger partial charge in [-0.25, -0.2) is 0 Å². The average Bonchev–Trinajstić information content (AvgIpc) is 2.41. The molecule has 3 heteroatoms. The first-order chi connectivity index (χ1) is 9.56. The third-order valence-electron chi connectivity index (χ3n) is 3.41. The van der Waals surface area contributed by atoms with Crippen molar-refractivity contribution < 1.29 is 5.11 Å². The zero-order valence-corrected chi connectivity index (χ0v) is 12.1. The predicted octanol–water partition coefficient (Wildman–Crippen LogP) is 3.42. The smallest absolute Gasteiger partial charge is 0.0807 e. The molecule has 3 nitrogen and oxygen atoms in total. The number of nitrogens with one attached hydrogen (secondary N) is 1. The van der Waals surface area contributed by atoms with E-state index < -0.39 is 6.10 Å². The van der Waals surface area contributed by atoms with Gasteiger partial charge >= 0.3 is 0 Å². The van der Waals surface area contributed by atoms with Crippen LogP contribution in [-0.4, -0.2) is 11.7 Å². The van der Waals surface area contributed by atoms with Crippen molar-refractivity contribution in [3.05, 3.63) is 59.2 Å². The number of hydrogen-bond acceptors (Lipinski definition) is 3. The second-order valence-corrected chi connectivity index (χ2v) is 5.22. The zero-order valence-electron chi connectivity index (χ0n) is 12.1. The van der Waals surface area contributed by atoms with Crippen LogP contribution in [0.1, 0.15) is 29.2 Å². The number of aliphatic hydroxyl groups is 1. The fourth-order valence-electron chi connectivity index (χ4n) is 2.29. The summed E-state index contributed by atoms with van der Waals surface area (Å²) < 4.78 is 0. The molecule has 20 heavy (non-hydrogen) atoms. The van der Waals surface area contributed by atoms with Crippen LogP contribution < -0.4 is 11.1 Å². The molecule has 0 amide bonds. The van der Waals surface area contributed by atoms with Crippen molar-refractivity contribution in [2.45, 2.75) is 26.4 Å². The average molecular weight is 270 g/mol. The quantitative estimate of drug-likeness (QED) is 0.730. The Morgan fingerprint density at radius 2 is 1.95 bits per heavy atom. The molecule has 0 aliphatic rings. The fourth-order valence-corrected chi connectivity index (χ4v) is 2.29.